The molecule has 3 aliphatic rings. The molecule has 3 aliphatic heterocycles. The van der Waals surface area contributed by atoms with Gasteiger partial charge in [0.25, 0.3) is 0 Å². The lowest BCUT2D eigenvalue weighted by molar-refractivity contribution is -0.149. The second-order valence-corrected chi connectivity index (χ2v) is 11.0. The minimum absolute atomic E-state index is 0.0562. The van der Waals surface area contributed by atoms with E-state index >= 15 is 0 Å². The number of carboxylic acids is 1. The molecule has 2 amide bonds. The van der Waals surface area contributed by atoms with Gasteiger partial charge in [0.15, 0.2) is 0 Å². The van der Waals surface area contributed by atoms with Gasteiger partial charge in [-0.1, -0.05) is 13.0 Å². The molecule has 0 aromatic heterocycles. The molecule has 7 nitrogen and oxygen atoms in total. The number of nitrogens with zero attached hydrogens (tertiary/aromatic N) is 2. The van der Waals surface area contributed by atoms with Gasteiger partial charge in [-0.3, -0.25) is 14.4 Å². The average molecular weight is 425 g/mol. The monoisotopic (exact) mass is 424 g/mol. The first kappa shape index (κ1) is 22.2. The number of amides is 2. The number of carboxylic acid groups (broad SMARTS) is 1. The van der Waals surface area contributed by atoms with Gasteiger partial charge < -0.3 is 20.0 Å². The number of rotatable bonds is 7. The molecule has 0 saturated carbocycles. The Morgan fingerprint density at radius 2 is 2.07 bits per heavy atom. The Labute approximate surface area is 176 Å². The quantitative estimate of drug-likeness (QED) is 0.603. The van der Waals surface area contributed by atoms with E-state index in [0.29, 0.717) is 19.4 Å². The first-order chi connectivity index (χ1) is 13.5. The average Bonchev–Trinajstić information content (AvgIpc) is 3.20. The Morgan fingerprint density at radius 1 is 1.41 bits per heavy atom. The number of aliphatic carboxylic acids is 1. The van der Waals surface area contributed by atoms with Gasteiger partial charge in [-0.25, -0.2) is 0 Å². The van der Waals surface area contributed by atoms with E-state index in [1.807, 2.05) is 27.7 Å². The summed E-state index contributed by atoms with van der Waals surface area (Å²) < 4.78 is -0.734. The van der Waals surface area contributed by atoms with Gasteiger partial charge in [-0.15, -0.1) is 18.3 Å². The summed E-state index contributed by atoms with van der Waals surface area (Å²) in [6, 6.07) is -0.722. The van der Waals surface area contributed by atoms with Crippen LogP contribution in [0.4, 0.5) is 0 Å². The van der Waals surface area contributed by atoms with Gasteiger partial charge in [-0.05, 0) is 39.5 Å². The van der Waals surface area contributed by atoms with Crippen molar-refractivity contribution in [1.29, 1.82) is 0 Å². The zero-order valence-corrected chi connectivity index (χ0v) is 18.4. The van der Waals surface area contributed by atoms with Crippen LogP contribution in [-0.2, 0) is 14.4 Å². The molecule has 3 unspecified atom stereocenters. The van der Waals surface area contributed by atoms with Crippen LogP contribution in [0.15, 0.2) is 12.7 Å². The van der Waals surface area contributed by atoms with Gasteiger partial charge in [0, 0.05) is 30.5 Å². The van der Waals surface area contributed by atoms with E-state index in [4.69, 9.17) is 0 Å². The van der Waals surface area contributed by atoms with E-state index in [9.17, 15) is 24.6 Å². The summed E-state index contributed by atoms with van der Waals surface area (Å²) in [6.07, 6.45) is 2.73. The smallest absolute Gasteiger partial charge is 0.308 e. The molecule has 0 aromatic carbocycles. The fourth-order valence-corrected chi connectivity index (χ4v) is 7.94. The topological polar surface area (TPSA) is 98.2 Å². The van der Waals surface area contributed by atoms with Crippen LogP contribution in [0.3, 0.4) is 0 Å². The first-order valence-electron chi connectivity index (χ1n) is 10.3. The predicted octanol–water partition coefficient (Wildman–Crippen LogP) is 1.60. The fraction of sp³-hybridized carbons (Fsp3) is 0.762. The second-order valence-electron chi connectivity index (χ2n) is 9.41. The molecule has 0 aromatic rings. The number of fused-ring (bicyclic) bond motifs is 1. The minimum Gasteiger partial charge on any atom is -0.481 e. The van der Waals surface area contributed by atoms with E-state index in [1.165, 1.54) is 11.8 Å². The third-order valence-corrected chi connectivity index (χ3v) is 8.79. The van der Waals surface area contributed by atoms with Crippen molar-refractivity contribution in [3.05, 3.63) is 12.7 Å². The molecule has 3 fully saturated rings. The standard InChI is InChI=1S/C21H32N2O5S/c1-6-8-23(20(3,4)5)18(26)16-21-12(2)11-13(29-21)14(19(27)28)15(21)17(25)22(16)9-7-10-24/h6,12-16,24H,1,7-11H2,2-5H3,(H,27,28)/t12?,13-,14+,15+,16?,21?/m1/s1. The third-order valence-electron chi connectivity index (χ3n) is 6.71. The zero-order valence-electron chi connectivity index (χ0n) is 17.6. The molecule has 29 heavy (non-hydrogen) atoms. The highest BCUT2D eigenvalue weighted by Gasteiger charge is 2.76. The van der Waals surface area contributed by atoms with Gasteiger partial charge in [0.1, 0.15) is 6.04 Å². The molecule has 1 spiro atoms. The number of thioether (sulfide) groups is 1. The summed E-state index contributed by atoms with van der Waals surface area (Å²) >= 11 is 1.54. The predicted molar refractivity (Wildman–Crippen MR) is 111 cm³/mol. The molecule has 0 aliphatic carbocycles. The highest BCUT2D eigenvalue weighted by atomic mass is 32.2. The number of hydrogen-bond acceptors (Lipinski definition) is 5. The largest absolute Gasteiger partial charge is 0.481 e. The summed E-state index contributed by atoms with van der Waals surface area (Å²) in [5.74, 6) is -2.77. The molecule has 162 valence electrons. The molecule has 2 N–H and O–H groups in total. The normalized spacial score (nSPS) is 35.7. The number of likely N-dealkylation sites (tertiary alicyclic amines) is 1. The van der Waals surface area contributed by atoms with Gasteiger partial charge in [0.05, 0.1) is 16.6 Å². The van der Waals surface area contributed by atoms with Crippen molar-refractivity contribution in [3.8, 4) is 0 Å². The van der Waals surface area contributed by atoms with Crippen LogP contribution in [0, 0.1) is 17.8 Å². The highest BCUT2D eigenvalue weighted by Crippen LogP contribution is 2.68. The van der Waals surface area contributed by atoms with Crippen LogP contribution in [0.1, 0.15) is 40.5 Å². The molecule has 0 radical (unpaired) electrons. The fourth-order valence-electron chi connectivity index (χ4n) is 5.53. The van der Waals surface area contributed by atoms with Crippen molar-refractivity contribution in [2.75, 3.05) is 19.7 Å². The number of carbonyl (C=O) groups excluding carboxylic acids is 2. The lowest BCUT2D eigenvalue weighted by Crippen LogP contribution is -2.60. The Morgan fingerprint density at radius 3 is 2.59 bits per heavy atom. The molecule has 3 rings (SSSR count). The maximum atomic E-state index is 13.9. The van der Waals surface area contributed by atoms with E-state index < -0.39 is 34.1 Å². The van der Waals surface area contributed by atoms with Crippen molar-refractivity contribution < 1.29 is 24.6 Å². The zero-order chi connectivity index (χ0) is 21.7. The van der Waals surface area contributed by atoms with Crippen LogP contribution >= 0.6 is 11.8 Å². The summed E-state index contributed by atoms with van der Waals surface area (Å²) in [6.45, 7) is 12.2. The lowest BCUT2D eigenvalue weighted by atomic mass is 9.66. The Balaban J connectivity index is 2.11. The molecular formula is C21H32N2O5S. The number of hydrogen-bond donors (Lipinski definition) is 2. The number of aliphatic hydroxyl groups is 1. The van der Waals surface area contributed by atoms with Gasteiger partial charge in [0.2, 0.25) is 11.8 Å². The van der Waals surface area contributed by atoms with Gasteiger partial charge >= 0.3 is 5.97 Å². The molecule has 8 heteroatoms. The van der Waals surface area contributed by atoms with Crippen LogP contribution in [0.25, 0.3) is 0 Å². The molecule has 3 saturated heterocycles. The van der Waals surface area contributed by atoms with Crippen molar-refractivity contribution in [2.45, 2.75) is 62.1 Å². The SMILES string of the molecule is C=CCN(C(=O)C1N(CCCO)C(=O)[C@@H]2[C@@H](C(=O)O)[C@H]3CC(C)C12S3)C(C)(C)C. The minimum atomic E-state index is -0.955. The Hall–Kier alpha value is -1.54. The van der Waals surface area contributed by atoms with E-state index in [0.717, 1.165) is 0 Å². The van der Waals surface area contributed by atoms with Crippen LogP contribution in [-0.4, -0.2) is 79.1 Å². The Bertz CT molecular complexity index is 720. The number of carbonyl (C=O) groups is 3. The van der Waals surface area contributed by atoms with Crippen LogP contribution < -0.4 is 0 Å². The van der Waals surface area contributed by atoms with E-state index in [-0.39, 0.29) is 36.1 Å². The maximum Gasteiger partial charge on any atom is 0.308 e. The van der Waals surface area contributed by atoms with Gasteiger partial charge in [-0.2, -0.15) is 0 Å². The highest BCUT2D eigenvalue weighted by molar-refractivity contribution is 8.02. The number of aliphatic hydroxyl groups excluding tert-OH is 1. The van der Waals surface area contributed by atoms with E-state index in [2.05, 4.69) is 6.58 Å². The second kappa shape index (κ2) is 7.61. The lowest BCUT2D eigenvalue weighted by Gasteiger charge is -2.44. The first-order valence-corrected chi connectivity index (χ1v) is 11.1. The molecular weight excluding hydrogens is 392 g/mol. The Kier molecular flexibility index (Phi) is 5.82. The van der Waals surface area contributed by atoms with Crippen molar-refractivity contribution in [3.63, 3.8) is 0 Å². The summed E-state index contributed by atoms with van der Waals surface area (Å²) in [4.78, 5) is 42.7. The molecule has 6 atom stereocenters. The van der Waals surface area contributed by atoms with Crippen LogP contribution in [0.2, 0.25) is 0 Å². The van der Waals surface area contributed by atoms with Crippen molar-refractivity contribution in [2.24, 2.45) is 17.8 Å². The van der Waals surface area contributed by atoms with Crippen molar-refractivity contribution >= 4 is 29.5 Å². The summed E-state index contributed by atoms with van der Waals surface area (Å²) in [5, 5.41) is 19.1. The molecule has 2 bridgehead atoms. The molecule has 3 heterocycles. The third kappa shape index (κ3) is 3.19. The summed E-state index contributed by atoms with van der Waals surface area (Å²) in [5.41, 5.74) is -0.470. The van der Waals surface area contributed by atoms with Crippen LogP contribution in [0.5, 0.6) is 0 Å². The maximum absolute atomic E-state index is 13.9. The van der Waals surface area contributed by atoms with E-state index in [1.54, 1.807) is 15.9 Å². The van der Waals surface area contributed by atoms with Crippen molar-refractivity contribution in [1.82, 2.24) is 9.80 Å². The summed E-state index contributed by atoms with van der Waals surface area (Å²) in [7, 11) is 0.